The lowest BCUT2D eigenvalue weighted by Crippen LogP contribution is -2.45. The van der Waals surface area contributed by atoms with E-state index in [9.17, 15) is 5.11 Å². The van der Waals surface area contributed by atoms with Gasteiger partial charge in [0, 0.05) is 67.8 Å². The molecule has 0 bridgehead atoms. The highest BCUT2D eigenvalue weighted by atomic mass is 16.3. The van der Waals surface area contributed by atoms with Crippen LogP contribution in [0.4, 0.5) is 5.69 Å². The third-order valence-electron chi connectivity index (χ3n) is 4.43. The van der Waals surface area contributed by atoms with Crippen molar-refractivity contribution < 1.29 is 9.52 Å². The molecule has 2 aromatic heterocycles. The van der Waals surface area contributed by atoms with Crippen molar-refractivity contribution in [2.75, 3.05) is 31.1 Å². The van der Waals surface area contributed by atoms with Gasteiger partial charge in [-0.2, -0.15) is 0 Å². The Kier molecular flexibility index (Phi) is 3.63. The smallest absolute Gasteiger partial charge is 0.137 e. The fraction of sp³-hybridized carbons (Fsp3) is 0.278. The van der Waals surface area contributed by atoms with Gasteiger partial charge in [-0.15, -0.1) is 0 Å². The van der Waals surface area contributed by atoms with Crippen LogP contribution in [0.2, 0.25) is 0 Å². The summed E-state index contributed by atoms with van der Waals surface area (Å²) in [4.78, 5) is 8.91. The molecule has 5 nitrogen and oxygen atoms in total. The Hall–Kier alpha value is -2.53. The quantitative estimate of drug-likeness (QED) is 0.806. The number of hydrogen-bond acceptors (Lipinski definition) is 5. The minimum atomic E-state index is 0.240. The van der Waals surface area contributed by atoms with Gasteiger partial charge in [-0.25, -0.2) is 0 Å². The Morgan fingerprint density at radius 2 is 1.83 bits per heavy atom. The summed E-state index contributed by atoms with van der Waals surface area (Å²) in [5, 5.41) is 10.6. The number of piperazine rings is 1. The van der Waals surface area contributed by atoms with Crippen LogP contribution in [0.15, 0.2) is 53.4 Å². The minimum absolute atomic E-state index is 0.240. The van der Waals surface area contributed by atoms with Gasteiger partial charge < -0.3 is 14.4 Å². The van der Waals surface area contributed by atoms with Gasteiger partial charge in [0.05, 0.1) is 6.26 Å². The number of aromatic nitrogens is 1. The summed E-state index contributed by atoms with van der Waals surface area (Å²) in [5.74, 6) is 0.240. The first-order valence-electron chi connectivity index (χ1n) is 7.86. The maximum absolute atomic E-state index is 9.52. The van der Waals surface area contributed by atoms with Gasteiger partial charge in [-0.05, 0) is 24.3 Å². The van der Waals surface area contributed by atoms with Gasteiger partial charge in [0.15, 0.2) is 0 Å². The molecule has 0 radical (unpaired) electrons. The van der Waals surface area contributed by atoms with Crippen LogP contribution in [-0.2, 0) is 6.54 Å². The van der Waals surface area contributed by atoms with Crippen molar-refractivity contribution in [2.45, 2.75) is 6.54 Å². The third-order valence-corrected chi connectivity index (χ3v) is 4.43. The van der Waals surface area contributed by atoms with Crippen molar-refractivity contribution in [2.24, 2.45) is 0 Å². The average Bonchev–Trinajstić information content (AvgIpc) is 2.98. The Bertz CT molecular complexity index is 792. The average molecular weight is 309 g/mol. The van der Waals surface area contributed by atoms with E-state index >= 15 is 0 Å². The van der Waals surface area contributed by atoms with Crippen LogP contribution >= 0.6 is 0 Å². The number of fused-ring (bicyclic) bond motifs is 1. The van der Waals surface area contributed by atoms with Crippen LogP contribution in [0, 0.1) is 0 Å². The molecule has 0 spiro atoms. The Balaban J connectivity index is 1.43. The fourth-order valence-electron chi connectivity index (χ4n) is 3.15. The molecule has 0 unspecified atom stereocenters. The summed E-state index contributed by atoms with van der Waals surface area (Å²) in [6, 6.07) is 9.43. The number of phenolic OH excluding ortho intramolecular Hbond substituents is 1. The number of hydrogen-bond donors (Lipinski definition) is 1. The van der Waals surface area contributed by atoms with Crippen molar-refractivity contribution >= 4 is 16.7 Å². The molecule has 5 heteroatoms. The van der Waals surface area contributed by atoms with Gasteiger partial charge in [0.25, 0.3) is 0 Å². The second-order valence-electron chi connectivity index (χ2n) is 5.91. The normalized spacial score (nSPS) is 16.1. The monoisotopic (exact) mass is 309 g/mol. The second kappa shape index (κ2) is 5.93. The molecule has 0 amide bonds. The Morgan fingerprint density at radius 3 is 2.61 bits per heavy atom. The van der Waals surface area contributed by atoms with Crippen LogP contribution in [0.5, 0.6) is 5.75 Å². The lowest BCUT2D eigenvalue weighted by atomic mass is 10.1. The lowest BCUT2D eigenvalue weighted by Gasteiger charge is -2.35. The highest BCUT2D eigenvalue weighted by Crippen LogP contribution is 2.26. The molecule has 118 valence electrons. The first-order chi connectivity index (χ1) is 11.3. The van der Waals surface area contributed by atoms with Crippen LogP contribution in [-0.4, -0.2) is 41.2 Å². The summed E-state index contributed by atoms with van der Waals surface area (Å²) < 4.78 is 5.56. The summed E-state index contributed by atoms with van der Waals surface area (Å²) in [6.07, 6.45) is 5.49. The molecule has 0 atom stereocenters. The second-order valence-corrected chi connectivity index (χ2v) is 5.91. The number of benzene rings is 1. The van der Waals surface area contributed by atoms with E-state index in [0.717, 1.165) is 43.7 Å². The number of rotatable bonds is 3. The van der Waals surface area contributed by atoms with E-state index in [1.807, 2.05) is 18.5 Å². The van der Waals surface area contributed by atoms with E-state index in [1.54, 1.807) is 18.4 Å². The summed E-state index contributed by atoms with van der Waals surface area (Å²) >= 11 is 0. The molecule has 1 aliphatic rings. The van der Waals surface area contributed by atoms with Gasteiger partial charge >= 0.3 is 0 Å². The van der Waals surface area contributed by atoms with E-state index in [2.05, 4.69) is 26.9 Å². The topological polar surface area (TPSA) is 52.7 Å². The number of furan rings is 1. The Labute approximate surface area is 134 Å². The Morgan fingerprint density at radius 1 is 1.04 bits per heavy atom. The molecule has 23 heavy (non-hydrogen) atoms. The largest absolute Gasteiger partial charge is 0.508 e. The zero-order valence-corrected chi connectivity index (χ0v) is 12.9. The van der Waals surface area contributed by atoms with Crippen molar-refractivity contribution in [3.63, 3.8) is 0 Å². The molecule has 1 saturated heterocycles. The number of nitrogens with zero attached hydrogens (tertiary/aromatic N) is 3. The van der Waals surface area contributed by atoms with E-state index in [0.29, 0.717) is 0 Å². The first-order valence-corrected chi connectivity index (χ1v) is 7.86. The molecule has 1 aromatic carbocycles. The van der Waals surface area contributed by atoms with Crippen LogP contribution in [0.3, 0.4) is 0 Å². The van der Waals surface area contributed by atoms with E-state index in [-0.39, 0.29) is 5.75 Å². The van der Waals surface area contributed by atoms with Crippen molar-refractivity contribution in [3.05, 3.63) is 54.6 Å². The predicted molar refractivity (Wildman–Crippen MR) is 89.6 cm³/mol. The number of phenols is 1. The maximum Gasteiger partial charge on any atom is 0.137 e. The number of pyridine rings is 1. The van der Waals surface area contributed by atoms with Gasteiger partial charge in [-0.1, -0.05) is 0 Å². The van der Waals surface area contributed by atoms with E-state index in [4.69, 9.17) is 4.42 Å². The van der Waals surface area contributed by atoms with E-state index < -0.39 is 0 Å². The van der Waals surface area contributed by atoms with Gasteiger partial charge in [-0.3, -0.25) is 9.88 Å². The highest BCUT2D eigenvalue weighted by Gasteiger charge is 2.18. The highest BCUT2D eigenvalue weighted by molar-refractivity contribution is 5.82. The van der Waals surface area contributed by atoms with E-state index in [1.165, 1.54) is 11.3 Å². The molecule has 3 heterocycles. The molecule has 0 aliphatic carbocycles. The molecular weight excluding hydrogens is 290 g/mol. The minimum Gasteiger partial charge on any atom is -0.508 e. The van der Waals surface area contributed by atoms with Gasteiger partial charge in [0.2, 0.25) is 0 Å². The SMILES string of the molecule is Oc1ccc2c(CN3CCN(c4ccncc4)CC3)coc2c1. The molecule has 4 rings (SSSR count). The zero-order valence-electron chi connectivity index (χ0n) is 12.9. The van der Waals surface area contributed by atoms with Crippen molar-refractivity contribution in [3.8, 4) is 5.75 Å². The van der Waals surface area contributed by atoms with Gasteiger partial charge in [0.1, 0.15) is 11.3 Å². The standard InChI is InChI=1S/C18H19N3O2/c22-16-1-2-17-14(13-23-18(17)11-16)12-20-7-9-21(10-8-20)15-3-5-19-6-4-15/h1-6,11,13,22H,7-10,12H2. The third kappa shape index (κ3) is 2.87. The summed E-state index contributed by atoms with van der Waals surface area (Å²) in [6.45, 7) is 4.95. The van der Waals surface area contributed by atoms with Crippen LogP contribution in [0.1, 0.15) is 5.56 Å². The van der Waals surface area contributed by atoms with Crippen molar-refractivity contribution in [1.29, 1.82) is 0 Å². The van der Waals surface area contributed by atoms with Crippen LogP contribution < -0.4 is 4.90 Å². The fourth-order valence-corrected chi connectivity index (χ4v) is 3.15. The summed E-state index contributed by atoms with van der Waals surface area (Å²) in [5.41, 5.74) is 3.16. The van der Waals surface area contributed by atoms with Crippen molar-refractivity contribution in [1.82, 2.24) is 9.88 Å². The zero-order chi connectivity index (χ0) is 15.6. The molecular formula is C18H19N3O2. The maximum atomic E-state index is 9.52. The molecule has 0 saturated carbocycles. The van der Waals surface area contributed by atoms with Crippen LogP contribution in [0.25, 0.3) is 11.0 Å². The molecule has 1 aliphatic heterocycles. The molecule has 1 fully saturated rings. The number of anilines is 1. The first kappa shape index (κ1) is 14.1. The summed E-state index contributed by atoms with van der Waals surface area (Å²) in [7, 11) is 0. The number of aromatic hydroxyl groups is 1. The predicted octanol–water partition coefficient (Wildman–Crippen LogP) is 2.86. The molecule has 1 N–H and O–H groups in total. The molecule has 3 aromatic rings. The lowest BCUT2D eigenvalue weighted by molar-refractivity contribution is 0.250.